The highest BCUT2D eigenvalue weighted by Crippen LogP contribution is 2.34. The summed E-state index contributed by atoms with van der Waals surface area (Å²) in [6.07, 6.45) is 0. The molecule has 2 aromatic carbocycles. The predicted octanol–water partition coefficient (Wildman–Crippen LogP) is 1.73. The monoisotopic (exact) mass is 256 g/mol. The summed E-state index contributed by atoms with van der Waals surface area (Å²) in [5, 5.41) is 6.73. The second-order valence-electron chi connectivity index (χ2n) is 4.30. The van der Waals surface area contributed by atoms with Crippen molar-refractivity contribution in [2.45, 2.75) is 6.04 Å². The molecule has 96 valence electrons. The van der Waals surface area contributed by atoms with Crippen molar-refractivity contribution in [2.75, 3.05) is 7.11 Å². The molecule has 19 heavy (non-hydrogen) atoms. The Bertz CT molecular complexity index is 681. The van der Waals surface area contributed by atoms with E-state index in [1.54, 1.807) is 13.2 Å². The predicted molar refractivity (Wildman–Crippen MR) is 69.9 cm³/mol. The van der Waals surface area contributed by atoms with E-state index in [0.29, 0.717) is 11.3 Å². The average Bonchev–Trinajstić information content (AvgIpc) is 2.76. The lowest BCUT2D eigenvalue weighted by Crippen LogP contribution is -2.22. The second kappa shape index (κ2) is 4.28. The number of rotatable bonds is 2. The molecular formula is C14H12N2O3. The molecule has 0 saturated carbocycles. The summed E-state index contributed by atoms with van der Waals surface area (Å²) in [5.74, 6) is 0.223. The molecule has 5 heteroatoms. The topological polar surface area (TPSA) is 67.4 Å². The van der Waals surface area contributed by atoms with Crippen LogP contribution in [0.3, 0.4) is 0 Å². The SMILES string of the molecule is COc1ccc2ccccc2c1C1NC(=O)NC1=O. The summed E-state index contributed by atoms with van der Waals surface area (Å²) in [7, 11) is 1.54. The molecule has 0 spiro atoms. The van der Waals surface area contributed by atoms with Crippen molar-refractivity contribution >= 4 is 22.7 Å². The molecular weight excluding hydrogens is 244 g/mol. The third-order valence-electron chi connectivity index (χ3n) is 3.21. The molecule has 1 aliphatic heterocycles. The molecule has 0 radical (unpaired) electrons. The van der Waals surface area contributed by atoms with Crippen LogP contribution in [0.15, 0.2) is 36.4 Å². The minimum atomic E-state index is -0.714. The number of ether oxygens (including phenoxy) is 1. The van der Waals surface area contributed by atoms with Crippen LogP contribution in [0.25, 0.3) is 10.8 Å². The Morgan fingerprint density at radius 1 is 1.11 bits per heavy atom. The van der Waals surface area contributed by atoms with Gasteiger partial charge in [-0.2, -0.15) is 0 Å². The average molecular weight is 256 g/mol. The minimum Gasteiger partial charge on any atom is -0.496 e. The van der Waals surface area contributed by atoms with Gasteiger partial charge in [-0.05, 0) is 16.8 Å². The Morgan fingerprint density at radius 2 is 1.89 bits per heavy atom. The van der Waals surface area contributed by atoms with Gasteiger partial charge in [0, 0.05) is 5.56 Å². The van der Waals surface area contributed by atoms with Crippen LogP contribution in [0.4, 0.5) is 4.79 Å². The maximum Gasteiger partial charge on any atom is 0.322 e. The van der Waals surface area contributed by atoms with Crippen molar-refractivity contribution in [1.29, 1.82) is 0 Å². The molecule has 1 unspecified atom stereocenters. The molecule has 0 bridgehead atoms. The third-order valence-corrected chi connectivity index (χ3v) is 3.21. The summed E-state index contributed by atoms with van der Waals surface area (Å²) in [6.45, 7) is 0. The van der Waals surface area contributed by atoms with E-state index in [-0.39, 0.29) is 5.91 Å². The molecule has 1 atom stereocenters. The quantitative estimate of drug-likeness (QED) is 0.804. The molecule has 1 saturated heterocycles. The highest BCUT2D eigenvalue weighted by atomic mass is 16.5. The number of hydrogen-bond donors (Lipinski definition) is 2. The lowest BCUT2D eigenvalue weighted by Gasteiger charge is -2.15. The van der Waals surface area contributed by atoms with Crippen molar-refractivity contribution in [3.05, 3.63) is 42.0 Å². The van der Waals surface area contributed by atoms with E-state index in [1.807, 2.05) is 30.3 Å². The maximum atomic E-state index is 11.8. The number of carbonyl (C=O) groups excluding carboxylic acids is 2. The van der Waals surface area contributed by atoms with E-state index >= 15 is 0 Å². The fourth-order valence-corrected chi connectivity index (χ4v) is 2.37. The van der Waals surface area contributed by atoms with Gasteiger partial charge in [-0.25, -0.2) is 4.79 Å². The Kier molecular flexibility index (Phi) is 2.59. The highest BCUT2D eigenvalue weighted by Gasteiger charge is 2.34. The van der Waals surface area contributed by atoms with E-state index < -0.39 is 12.1 Å². The lowest BCUT2D eigenvalue weighted by molar-refractivity contribution is -0.120. The van der Waals surface area contributed by atoms with Crippen molar-refractivity contribution in [3.8, 4) is 5.75 Å². The summed E-state index contributed by atoms with van der Waals surface area (Å²) >= 11 is 0. The molecule has 3 rings (SSSR count). The number of benzene rings is 2. The van der Waals surface area contributed by atoms with Crippen LogP contribution in [-0.2, 0) is 4.79 Å². The van der Waals surface area contributed by atoms with E-state index in [1.165, 1.54) is 0 Å². The number of methoxy groups -OCH3 is 1. The molecule has 0 aliphatic carbocycles. The summed E-state index contributed by atoms with van der Waals surface area (Å²) < 4.78 is 5.32. The van der Waals surface area contributed by atoms with Gasteiger partial charge in [0.2, 0.25) is 0 Å². The fraction of sp³-hybridized carbons (Fsp3) is 0.143. The maximum absolute atomic E-state index is 11.8. The van der Waals surface area contributed by atoms with Gasteiger partial charge in [0.15, 0.2) is 0 Å². The van der Waals surface area contributed by atoms with E-state index in [4.69, 9.17) is 4.74 Å². The Balaban J connectivity index is 2.25. The van der Waals surface area contributed by atoms with Gasteiger partial charge in [0.25, 0.3) is 5.91 Å². The van der Waals surface area contributed by atoms with Gasteiger partial charge in [0.05, 0.1) is 7.11 Å². The van der Waals surface area contributed by atoms with Gasteiger partial charge >= 0.3 is 6.03 Å². The zero-order chi connectivity index (χ0) is 13.4. The number of hydrogen-bond acceptors (Lipinski definition) is 3. The van der Waals surface area contributed by atoms with Gasteiger partial charge in [-0.1, -0.05) is 30.3 Å². The standard InChI is InChI=1S/C14H12N2O3/c1-19-10-7-6-8-4-2-3-5-9(8)11(10)12-13(17)16-14(18)15-12/h2-7,12H,1H3,(H2,15,16,17,18). The van der Waals surface area contributed by atoms with Crippen LogP contribution in [0, 0.1) is 0 Å². The van der Waals surface area contributed by atoms with E-state index in [9.17, 15) is 9.59 Å². The molecule has 2 aromatic rings. The van der Waals surface area contributed by atoms with Crippen molar-refractivity contribution in [2.24, 2.45) is 0 Å². The van der Waals surface area contributed by atoms with Crippen molar-refractivity contribution in [3.63, 3.8) is 0 Å². The number of amides is 3. The van der Waals surface area contributed by atoms with Crippen LogP contribution in [0.5, 0.6) is 5.75 Å². The number of nitrogens with one attached hydrogen (secondary N) is 2. The first-order valence-corrected chi connectivity index (χ1v) is 5.87. The first kappa shape index (κ1) is 11.5. The largest absolute Gasteiger partial charge is 0.496 e. The van der Waals surface area contributed by atoms with Crippen LogP contribution in [0.1, 0.15) is 11.6 Å². The van der Waals surface area contributed by atoms with Gasteiger partial charge in [-0.15, -0.1) is 0 Å². The number of carbonyl (C=O) groups is 2. The van der Waals surface area contributed by atoms with Crippen molar-refractivity contribution < 1.29 is 14.3 Å². The Hall–Kier alpha value is -2.56. The van der Waals surface area contributed by atoms with E-state index in [2.05, 4.69) is 10.6 Å². The van der Waals surface area contributed by atoms with Crippen molar-refractivity contribution in [1.82, 2.24) is 10.6 Å². The molecule has 5 nitrogen and oxygen atoms in total. The van der Waals surface area contributed by atoms with Crippen LogP contribution < -0.4 is 15.4 Å². The van der Waals surface area contributed by atoms with Gasteiger partial charge < -0.3 is 10.1 Å². The van der Waals surface area contributed by atoms with Gasteiger partial charge in [0.1, 0.15) is 11.8 Å². The fourth-order valence-electron chi connectivity index (χ4n) is 2.37. The summed E-state index contributed by atoms with van der Waals surface area (Å²) in [6, 6.07) is 10.2. The Morgan fingerprint density at radius 3 is 2.58 bits per heavy atom. The molecule has 3 amide bonds. The smallest absolute Gasteiger partial charge is 0.322 e. The number of imide groups is 1. The zero-order valence-corrected chi connectivity index (χ0v) is 10.3. The van der Waals surface area contributed by atoms with Crippen LogP contribution in [0.2, 0.25) is 0 Å². The summed E-state index contributed by atoms with van der Waals surface area (Å²) in [4.78, 5) is 23.1. The van der Waals surface area contributed by atoms with E-state index in [0.717, 1.165) is 10.8 Å². The second-order valence-corrected chi connectivity index (χ2v) is 4.30. The number of fused-ring (bicyclic) bond motifs is 1. The molecule has 0 aromatic heterocycles. The molecule has 1 aliphatic rings. The Labute approximate surface area is 109 Å². The van der Waals surface area contributed by atoms with Gasteiger partial charge in [-0.3, -0.25) is 10.1 Å². The van der Waals surface area contributed by atoms with Crippen LogP contribution in [-0.4, -0.2) is 19.0 Å². The normalized spacial score (nSPS) is 18.3. The molecule has 1 fully saturated rings. The minimum absolute atomic E-state index is 0.361. The number of urea groups is 1. The highest BCUT2D eigenvalue weighted by molar-refractivity contribution is 6.07. The van der Waals surface area contributed by atoms with Crippen LogP contribution >= 0.6 is 0 Å². The molecule has 2 N–H and O–H groups in total. The zero-order valence-electron chi connectivity index (χ0n) is 10.3. The lowest BCUT2D eigenvalue weighted by atomic mass is 9.97. The summed E-state index contributed by atoms with van der Waals surface area (Å²) in [5.41, 5.74) is 0.684. The first-order chi connectivity index (χ1) is 9.20. The molecule has 1 heterocycles. The first-order valence-electron chi connectivity index (χ1n) is 5.87. The third kappa shape index (κ3) is 1.79.